The van der Waals surface area contributed by atoms with Crippen molar-refractivity contribution in [3.63, 3.8) is 0 Å². The topological polar surface area (TPSA) is 102 Å². The van der Waals surface area contributed by atoms with Crippen molar-refractivity contribution >= 4 is 35.8 Å². The maximum Gasteiger partial charge on any atom is 0.419 e. The molecular weight excluding hydrogens is 536 g/mol. The van der Waals surface area contributed by atoms with Crippen LogP contribution in [0.1, 0.15) is 46.6 Å². The Bertz CT molecular complexity index is 1490. The molecule has 1 saturated heterocycles. The third-order valence-electron chi connectivity index (χ3n) is 6.92. The minimum atomic E-state index is -4.87. The number of anilines is 2. The van der Waals surface area contributed by atoms with Crippen molar-refractivity contribution in [3.05, 3.63) is 83.2 Å². The molecule has 2 aliphatic rings. The summed E-state index contributed by atoms with van der Waals surface area (Å²) in [5, 5.41) is 11.7. The van der Waals surface area contributed by atoms with E-state index in [9.17, 15) is 22.8 Å². The Morgan fingerprint density at radius 3 is 2.54 bits per heavy atom. The molecule has 1 aliphatic carbocycles. The highest BCUT2D eigenvalue weighted by molar-refractivity contribution is 7.81. The van der Waals surface area contributed by atoms with Gasteiger partial charge >= 0.3 is 6.18 Å². The minimum absolute atomic E-state index is 0.0941. The van der Waals surface area contributed by atoms with Crippen molar-refractivity contribution in [1.82, 2.24) is 15.3 Å². The highest BCUT2D eigenvalue weighted by Crippen LogP contribution is 2.50. The molecule has 1 spiro atoms. The monoisotopic (exact) mass is 556 g/mol. The molecule has 1 aromatic carbocycles. The van der Waals surface area contributed by atoms with Gasteiger partial charge in [-0.3, -0.25) is 19.5 Å². The van der Waals surface area contributed by atoms with Crippen LogP contribution in [0.15, 0.2) is 54.9 Å². The van der Waals surface area contributed by atoms with E-state index in [1.54, 1.807) is 29.3 Å². The van der Waals surface area contributed by atoms with Crippen molar-refractivity contribution in [2.75, 3.05) is 9.80 Å². The number of amides is 2. The first-order chi connectivity index (χ1) is 18.6. The average Bonchev–Trinajstić information content (AvgIpc) is 3.13. The molecule has 2 aromatic heterocycles. The van der Waals surface area contributed by atoms with Crippen LogP contribution in [0.25, 0.3) is 0 Å². The van der Waals surface area contributed by atoms with E-state index in [-0.39, 0.29) is 23.5 Å². The van der Waals surface area contributed by atoms with Gasteiger partial charge in [0.15, 0.2) is 11.2 Å². The van der Waals surface area contributed by atoms with Gasteiger partial charge in [0.1, 0.15) is 17.4 Å². The maximum atomic E-state index is 15.2. The Labute approximate surface area is 225 Å². The molecule has 39 heavy (non-hydrogen) atoms. The number of aromatic nitrogens is 2. The molecule has 2 fully saturated rings. The van der Waals surface area contributed by atoms with E-state index in [2.05, 4.69) is 27.9 Å². The number of hydrogen-bond donors (Lipinski definition) is 2. The van der Waals surface area contributed by atoms with Gasteiger partial charge in [0.05, 0.1) is 35.2 Å². The van der Waals surface area contributed by atoms with Gasteiger partial charge in [0.2, 0.25) is 0 Å². The summed E-state index contributed by atoms with van der Waals surface area (Å²) in [7, 11) is 0. The molecule has 5 rings (SSSR count). The van der Waals surface area contributed by atoms with Crippen LogP contribution in [-0.2, 0) is 17.5 Å². The van der Waals surface area contributed by atoms with E-state index in [1.807, 2.05) is 0 Å². The van der Waals surface area contributed by atoms with Crippen LogP contribution >= 0.6 is 12.6 Å². The molecule has 1 atom stereocenters. The number of hydrogen-bond acceptors (Lipinski definition) is 7. The van der Waals surface area contributed by atoms with Gasteiger partial charge < -0.3 is 10.2 Å². The summed E-state index contributed by atoms with van der Waals surface area (Å²) in [6.07, 6.45) is -0.856. The van der Waals surface area contributed by atoms with Crippen molar-refractivity contribution < 1.29 is 27.2 Å². The smallest absolute Gasteiger partial charge is 0.346 e. The number of thiol groups is 1. The lowest BCUT2D eigenvalue weighted by Gasteiger charge is -2.44. The van der Waals surface area contributed by atoms with Crippen LogP contribution < -0.4 is 15.1 Å². The highest BCUT2D eigenvalue weighted by atomic mass is 32.1. The standard InChI is InChI=1S/C26H20F4N6O2S/c27-20-11-16(5-6-18(20)22(37)34-13-15-4-1-2-9-32-15)36-24(39)35(23(38)25(36)7-3-8-25)17-10-19(26(28,29)30)21(12-31)33-14-17/h1-2,4-6,9-11,14,24,39H,3,7-8,13H2,(H,34,37). The fourth-order valence-corrected chi connectivity index (χ4v) is 5.46. The van der Waals surface area contributed by atoms with Crippen LogP contribution in [0.2, 0.25) is 0 Å². The van der Waals surface area contributed by atoms with Crippen molar-refractivity contribution in [2.45, 2.75) is 43.0 Å². The predicted molar refractivity (Wildman–Crippen MR) is 135 cm³/mol. The largest absolute Gasteiger partial charge is 0.419 e. The number of nitriles is 1. The zero-order valence-corrected chi connectivity index (χ0v) is 21.0. The first kappa shape index (κ1) is 26.4. The molecule has 13 heteroatoms. The van der Waals surface area contributed by atoms with Gasteiger partial charge in [-0.2, -0.15) is 18.4 Å². The zero-order valence-electron chi connectivity index (χ0n) is 20.1. The summed E-state index contributed by atoms with van der Waals surface area (Å²) in [5.41, 5.74) is -3.92. The summed E-state index contributed by atoms with van der Waals surface area (Å²) in [4.78, 5) is 36.5. The van der Waals surface area contributed by atoms with E-state index < -0.39 is 46.1 Å². The Kier molecular flexibility index (Phi) is 6.67. The van der Waals surface area contributed by atoms with E-state index in [0.717, 1.165) is 17.2 Å². The molecule has 1 saturated carbocycles. The van der Waals surface area contributed by atoms with Gasteiger partial charge in [0.25, 0.3) is 11.8 Å². The molecule has 200 valence electrons. The lowest BCUT2D eigenvalue weighted by Crippen LogP contribution is -2.55. The Morgan fingerprint density at radius 1 is 1.18 bits per heavy atom. The minimum Gasteiger partial charge on any atom is -0.346 e. The fraction of sp³-hybridized carbons (Fsp3) is 0.269. The molecule has 1 N–H and O–H groups in total. The van der Waals surface area contributed by atoms with Gasteiger partial charge in [-0.15, -0.1) is 12.6 Å². The number of nitrogens with one attached hydrogen (secondary N) is 1. The number of alkyl halides is 3. The Hall–Kier alpha value is -4.18. The van der Waals surface area contributed by atoms with Crippen molar-refractivity contribution in [1.29, 1.82) is 5.26 Å². The molecule has 0 radical (unpaired) electrons. The molecule has 2 amide bonds. The Morgan fingerprint density at radius 2 is 1.95 bits per heavy atom. The second-order valence-corrected chi connectivity index (χ2v) is 9.61. The molecule has 1 aliphatic heterocycles. The van der Waals surface area contributed by atoms with Gasteiger partial charge in [-0.25, -0.2) is 9.37 Å². The molecule has 1 unspecified atom stereocenters. The highest BCUT2D eigenvalue weighted by Gasteiger charge is 2.60. The van der Waals surface area contributed by atoms with Crippen LogP contribution in [0.3, 0.4) is 0 Å². The van der Waals surface area contributed by atoms with E-state index in [1.165, 1.54) is 18.2 Å². The number of carbonyl (C=O) groups excluding carboxylic acids is 2. The number of nitrogens with zero attached hydrogens (tertiary/aromatic N) is 5. The number of halogens is 4. The number of pyridine rings is 2. The van der Waals surface area contributed by atoms with Crippen molar-refractivity contribution in [3.8, 4) is 6.07 Å². The summed E-state index contributed by atoms with van der Waals surface area (Å²) in [6.45, 7) is 0.0941. The molecule has 3 aromatic rings. The number of rotatable bonds is 5. The number of carbonyl (C=O) groups is 2. The summed E-state index contributed by atoms with van der Waals surface area (Å²) in [5.74, 6) is -2.01. The second-order valence-electron chi connectivity index (χ2n) is 9.14. The predicted octanol–water partition coefficient (Wildman–Crippen LogP) is 4.43. The quantitative estimate of drug-likeness (QED) is 0.356. The lowest BCUT2D eigenvalue weighted by atomic mass is 9.75. The molecule has 8 nitrogen and oxygen atoms in total. The van der Waals surface area contributed by atoms with Crippen molar-refractivity contribution in [2.24, 2.45) is 0 Å². The Balaban J connectivity index is 1.45. The van der Waals surface area contributed by atoms with Gasteiger partial charge in [-0.05, 0) is 55.7 Å². The molecule has 0 bridgehead atoms. The van der Waals surface area contributed by atoms with E-state index in [0.29, 0.717) is 31.0 Å². The SMILES string of the molecule is N#Cc1ncc(N2C(=O)C3(CCC3)N(c3ccc(C(=O)NCc4ccccn4)c(F)c3)C2S)cc1C(F)(F)F. The first-order valence-corrected chi connectivity index (χ1v) is 12.3. The van der Waals surface area contributed by atoms with Crippen LogP contribution in [0.4, 0.5) is 28.9 Å². The average molecular weight is 557 g/mol. The van der Waals surface area contributed by atoms with Gasteiger partial charge in [0, 0.05) is 11.9 Å². The number of benzene rings is 1. The summed E-state index contributed by atoms with van der Waals surface area (Å²) in [6, 6.07) is 11.2. The summed E-state index contributed by atoms with van der Waals surface area (Å²) >= 11 is 4.54. The third kappa shape index (κ3) is 4.54. The van der Waals surface area contributed by atoms with Crippen LogP contribution in [0.5, 0.6) is 0 Å². The van der Waals surface area contributed by atoms with Gasteiger partial charge in [-0.1, -0.05) is 6.07 Å². The van der Waals surface area contributed by atoms with E-state index in [4.69, 9.17) is 5.26 Å². The van der Waals surface area contributed by atoms with Crippen LogP contribution in [-0.4, -0.2) is 32.8 Å². The fourth-order valence-electron chi connectivity index (χ4n) is 4.86. The molecule has 3 heterocycles. The zero-order chi connectivity index (χ0) is 27.9. The molecular formula is C26H20F4N6O2S. The normalized spacial score (nSPS) is 18.2. The van der Waals surface area contributed by atoms with E-state index >= 15 is 4.39 Å². The third-order valence-corrected chi connectivity index (χ3v) is 7.38. The maximum absolute atomic E-state index is 15.2. The first-order valence-electron chi connectivity index (χ1n) is 11.8. The van der Waals surface area contributed by atoms with Crippen LogP contribution in [0, 0.1) is 17.1 Å². The second kappa shape index (κ2) is 9.85. The summed E-state index contributed by atoms with van der Waals surface area (Å²) < 4.78 is 55.9. The lowest BCUT2D eigenvalue weighted by molar-refractivity contribution is -0.138.